The molecule has 10 heteroatoms. The lowest BCUT2D eigenvalue weighted by atomic mass is 9.95. The molecule has 1 fully saturated rings. The van der Waals surface area contributed by atoms with E-state index in [-0.39, 0.29) is 24.3 Å². The van der Waals surface area contributed by atoms with Crippen LogP contribution in [0.3, 0.4) is 0 Å². The quantitative estimate of drug-likeness (QED) is 0.640. The Morgan fingerprint density at radius 1 is 1.23 bits per heavy atom. The van der Waals surface area contributed by atoms with Crippen LogP contribution in [0.1, 0.15) is 12.8 Å². The summed E-state index contributed by atoms with van der Waals surface area (Å²) in [5.41, 5.74) is 1.33. The van der Waals surface area contributed by atoms with Crippen LogP contribution in [0.4, 0.5) is 11.5 Å². The first-order valence-corrected chi connectivity index (χ1v) is 10.1. The van der Waals surface area contributed by atoms with Crippen LogP contribution in [0.2, 0.25) is 0 Å². The summed E-state index contributed by atoms with van der Waals surface area (Å²) in [7, 11) is 3.24. The monoisotopic (exact) mass is 423 g/mol. The number of carbonyl (C=O) groups is 2. The van der Waals surface area contributed by atoms with Crippen LogP contribution in [0.5, 0.6) is 5.75 Å². The van der Waals surface area contributed by atoms with E-state index in [0.29, 0.717) is 29.9 Å². The van der Waals surface area contributed by atoms with Crippen molar-refractivity contribution in [3.05, 3.63) is 42.7 Å². The molecule has 10 nitrogen and oxygen atoms in total. The highest BCUT2D eigenvalue weighted by atomic mass is 16.5. The number of aromatic nitrogens is 4. The molecule has 3 heterocycles. The highest BCUT2D eigenvalue weighted by Crippen LogP contribution is 2.23. The summed E-state index contributed by atoms with van der Waals surface area (Å²) in [6.45, 7) is 1.45. The Labute approximate surface area is 179 Å². The molecule has 162 valence electrons. The highest BCUT2D eigenvalue weighted by molar-refractivity contribution is 5.94. The largest absolute Gasteiger partial charge is 0.497 e. The molecule has 2 aromatic heterocycles. The molecule has 0 saturated carbocycles. The van der Waals surface area contributed by atoms with Crippen LogP contribution in [0.25, 0.3) is 5.65 Å². The number of anilines is 2. The average molecular weight is 423 g/mol. The molecule has 4 rings (SSSR count). The van der Waals surface area contributed by atoms with Crippen LogP contribution in [-0.4, -0.2) is 70.3 Å². The smallest absolute Gasteiger partial charge is 0.243 e. The van der Waals surface area contributed by atoms with Crippen molar-refractivity contribution >= 4 is 29.0 Å². The summed E-state index contributed by atoms with van der Waals surface area (Å²) in [4.78, 5) is 28.8. The molecule has 3 aromatic rings. The number of benzene rings is 1. The van der Waals surface area contributed by atoms with Gasteiger partial charge in [0.25, 0.3) is 0 Å². The zero-order chi connectivity index (χ0) is 21.8. The maximum atomic E-state index is 12.8. The van der Waals surface area contributed by atoms with Gasteiger partial charge in [0, 0.05) is 37.8 Å². The number of hydrogen-bond acceptors (Lipinski definition) is 7. The number of amides is 2. The summed E-state index contributed by atoms with van der Waals surface area (Å²) < 4.78 is 6.80. The molecular weight excluding hydrogens is 398 g/mol. The molecule has 0 radical (unpaired) electrons. The van der Waals surface area contributed by atoms with E-state index in [9.17, 15) is 9.59 Å². The number of fused-ring (bicyclic) bond motifs is 1. The first-order chi connectivity index (χ1) is 15.0. The van der Waals surface area contributed by atoms with Gasteiger partial charge in [-0.1, -0.05) is 6.07 Å². The van der Waals surface area contributed by atoms with Crippen LogP contribution in [0.15, 0.2) is 42.7 Å². The number of nitrogens with one attached hydrogen (secondary N) is 1. The standard InChI is InChI=1S/C21H25N7O3/c1-26(13-20(29)23-16-4-3-5-17(12-16)31-2)21(30)15-8-10-27(11-9-15)19-7-6-18-24-22-14-28(18)25-19/h3-7,12,14-15H,8-11,13H2,1-2H3,(H,23,29). The van der Waals surface area contributed by atoms with Crippen molar-refractivity contribution in [3.63, 3.8) is 0 Å². The molecule has 0 bridgehead atoms. The topological polar surface area (TPSA) is 105 Å². The Balaban J connectivity index is 1.28. The molecule has 0 unspecified atom stereocenters. The lowest BCUT2D eigenvalue weighted by molar-refractivity contribution is -0.137. The second kappa shape index (κ2) is 8.99. The van der Waals surface area contributed by atoms with Gasteiger partial charge in [-0.2, -0.15) is 4.52 Å². The van der Waals surface area contributed by atoms with Gasteiger partial charge in [0.2, 0.25) is 11.8 Å². The van der Waals surface area contributed by atoms with Gasteiger partial charge >= 0.3 is 0 Å². The molecular formula is C21H25N7O3. The average Bonchev–Trinajstić information content (AvgIpc) is 3.26. The Morgan fingerprint density at radius 3 is 2.81 bits per heavy atom. The third kappa shape index (κ3) is 4.73. The van der Waals surface area contributed by atoms with E-state index in [1.807, 2.05) is 12.1 Å². The molecule has 0 aliphatic carbocycles. The molecule has 1 N–H and O–H groups in total. The summed E-state index contributed by atoms with van der Waals surface area (Å²) in [5.74, 6) is 1.14. The molecule has 31 heavy (non-hydrogen) atoms. The minimum Gasteiger partial charge on any atom is -0.497 e. The third-order valence-electron chi connectivity index (χ3n) is 5.43. The molecule has 1 aliphatic rings. The second-order valence-electron chi connectivity index (χ2n) is 7.56. The van der Waals surface area contributed by atoms with Crippen LogP contribution >= 0.6 is 0 Å². The molecule has 2 amide bonds. The van der Waals surface area contributed by atoms with Crippen molar-refractivity contribution in [2.45, 2.75) is 12.8 Å². The van der Waals surface area contributed by atoms with Crippen LogP contribution in [0, 0.1) is 5.92 Å². The number of piperidine rings is 1. The van der Waals surface area contributed by atoms with Crippen molar-refractivity contribution in [2.75, 3.05) is 44.0 Å². The van der Waals surface area contributed by atoms with Gasteiger partial charge in [0.1, 0.15) is 17.9 Å². The Bertz CT molecular complexity index is 1080. The number of likely N-dealkylation sites (N-methyl/N-ethyl adjacent to an activating group) is 1. The fourth-order valence-electron chi connectivity index (χ4n) is 3.75. The van der Waals surface area contributed by atoms with Gasteiger partial charge in [0.05, 0.1) is 13.7 Å². The molecule has 0 spiro atoms. The molecule has 1 aromatic carbocycles. The van der Waals surface area contributed by atoms with Gasteiger partial charge in [-0.05, 0) is 37.1 Å². The zero-order valence-corrected chi connectivity index (χ0v) is 17.6. The molecule has 1 saturated heterocycles. The van der Waals surface area contributed by atoms with Crippen molar-refractivity contribution in [3.8, 4) is 5.75 Å². The maximum Gasteiger partial charge on any atom is 0.243 e. The number of ether oxygens (including phenoxy) is 1. The van der Waals surface area contributed by atoms with Gasteiger partial charge in [-0.15, -0.1) is 15.3 Å². The van der Waals surface area contributed by atoms with E-state index < -0.39 is 0 Å². The molecule has 0 atom stereocenters. The fourth-order valence-corrected chi connectivity index (χ4v) is 3.75. The van der Waals surface area contributed by atoms with Crippen molar-refractivity contribution < 1.29 is 14.3 Å². The van der Waals surface area contributed by atoms with E-state index in [0.717, 1.165) is 18.9 Å². The third-order valence-corrected chi connectivity index (χ3v) is 5.43. The van der Waals surface area contributed by atoms with Crippen LogP contribution < -0.4 is 15.0 Å². The first-order valence-electron chi connectivity index (χ1n) is 10.1. The van der Waals surface area contributed by atoms with Crippen molar-refractivity contribution in [1.29, 1.82) is 0 Å². The van der Waals surface area contributed by atoms with Gasteiger partial charge in [-0.25, -0.2) is 0 Å². The Kier molecular flexibility index (Phi) is 5.96. The van der Waals surface area contributed by atoms with Gasteiger partial charge in [-0.3, -0.25) is 9.59 Å². The van der Waals surface area contributed by atoms with E-state index in [4.69, 9.17) is 4.74 Å². The lowest BCUT2D eigenvalue weighted by Gasteiger charge is -2.33. The minimum atomic E-state index is -0.243. The SMILES string of the molecule is COc1cccc(NC(=O)CN(C)C(=O)C2CCN(c3ccc4nncn4n3)CC2)c1. The van der Waals surface area contributed by atoms with Crippen LogP contribution in [-0.2, 0) is 9.59 Å². The van der Waals surface area contributed by atoms with E-state index in [2.05, 4.69) is 25.5 Å². The number of nitrogens with zero attached hydrogens (tertiary/aromatic N) is 6. The zero-order valence-electron chi connectivity index (χ0n) is 17.6. The number of rotatable bonds is 6. The fraction of sp³-hybridized carbons (Fsp3) is 0.381. The summed E-state index contributed by atoms with van der Waals surface area (Å²) in [5, 5.41) is 15.1. The highest BCUT2D eigenvalue weighted by Gasteiger charge is 2.28. The predicted octanol–water partition coefficient (Wildman–Crippen LogP) is 1.45. The number of carbonyl (C=O) groups excluding carboxylic acids is 2. The van der Waals surface area contributed by atoms with Gasteiger partial charge < -0.3 is 19.9 Å². The van der Waals surface area contributed by atoms with Gasteiger partial charge in [0.15, 0.2) is 5.65 Å². The number of hydrogen-bond donors (Lipinski definition) is 1. The predicted molar refractivity (Wildman–Crippen MR) is 115 cm³/mol. The number of methoxy groups -OCH3 is 1. The Morgan fingerprint density at radius 2 is 2.03 bits per heavy atom. The summed E-state index contributed by atoms with van der Waals surface area (Å²) in [6, 6.07) is 10.9. The Hall–Kier alpha value is -3.69. The van der Waals surface area contributed by atoms with Crippen molar-refractivity contribution in [2.24, 2.45) is 5.92 Å². The second-order valence-corrected chi connectivity index (χ2v) is 7.56. The molecule has 1 aliphatic heterocycles. The minimum absolute atomic E-state index is 0.00209. The van der Waals surface area contributed by atoms with E-state index in [1.54, 1.807) is 49.3 Å². The van der Waals surface area contributed by atoms with E-state index in [1.165, 1.54) is 4.90 Å². The summed E-state index contributed by atoms with van der Waals surface area (Å²) in [6.07, 6.45) is 2.99. The van der Waals surface area contributed by atoms with E-state index >= 15 is 0 Å². The van der Waals surface area contributed by atoms with Crippen molar-refractivity contribution in [1.82, 2.24) is 24.7 Å². The summed E-state index contributed by atoms with van der Waals surface area (Å²) >= 11 is 0. The first kappa shape index (κ1) is 20.6. The normalized spacial score (nSPS) is 14.5. The lowest BCUT2D eigenvalue weighted by Crippen LogP contribution is -2.43. The maximum absolute atomic E-state index is 12.8.